The van der Waals surface area contributed by atoms with Gasteiger partial charge in [-0.1, -0.05) is 12.1 Å². The van der Waals surface area contributed by atoms with Gasteiger partial charge in [0.25, 0.3) is 0 Å². The molecule has 0 bridgehead atoms. The Morgan fingerprint density at radius 2 is 2.31 bits per heavy atom. The van der Waals surface area contributed by atoms with Crippen LogP contribution in [0, 0.1) is 6.92 Å². The molecule has 0 aliphatic heterocycles. The van der Waals surface area contributed by atoms with Crippen LogP contribution in [0.15, 0.2) is 4.52 Å². The van der Waals surface area contributed by atoms with Crippen molar-refractivity contribution in [2.75, 3.05) is 0 Å². The Kier molecular flexibility index (Phi) is 4.95. The van der Waals surface area contributed by atoms with Gasteiger partial charge in [-0.3, -0.25) is 4.79 Å². The maximum absolute atomic E-state index is 11.4. The van der Waals surface area contributed by atoms with Gasteiger partial charge in [0.1, 0.15) is 0 Å². The molecule has 0 aliphatic carbocycles. The molecule has 0 fully saturated rings. The zero-order chi connectivity index (χ0) is 12.0. The van der Waals surface area contributed by atoms with Crippen LogP contribution < -0.4 is 5.32 Å². The standard InChI is InChI=1S/C11H19N3O2/c1-4-8(2)12-10(15)6-5-7-11-13-9(3)14-16-11/h8H,4-7H2,1-3H3,(H,12,15). The maximum Gasteiger partial charge on any atom is 0.226 e. The number of amides is 1. The van der Waals surface area contributed by atoms with E-state index in [-0.39, 0.29) is 11.9 Å². The highest BCUT2D eigenvalue weighted by Gasteiger charge is 2.07. The molecule has 0 aromatic carbocycles. The summed E-state index contributed by atoms with van der Waals surface area (Å²) in [6.45, 7) is 5.83. The average molecular weight is 225 g/mol. The number of carbonyl (C=O) groups excluding carboxylic acids is 1. The fourth-order valence-corrected chi connectivity index (χ4v) is 1.29. The third-order valence-corrected chi connectivity index (χ3v) is 2.38. The lowest BCUT2D eigenvalue weighted by Gasteiger charge is -2.10. The molecule has 0 radical (unpaired) electrons. The third-order valence-electron chi connectivity index (χ3n) is 2.38. The van der Waals surface area contributed by atoms with Gasteiger partial charge < -0.3 is 9.84 Å². The summed E-state index contributed by atoms with van der Waals surface area (Å²) in [5.41, 5.74) is 0. The van der Waals surface area contributed by atoms with Crippen molar-refractivity contribution in [3.05, 3.63) is 11.7 Å². The van der Waals surface area contributed by atoms with E-state index in [1.165, 1.54) is 0 Å². The summed E-state index contributed by atoms with van der Waals surface area (Å²) in [6.07, 6.45) is 2.86. The molecular weight excluding hydrogens is 206 g/mol. The van der Waals surface area contributed by atoms with Gasteiger partial charge in [-0.25, -0.2) is 0 Å². The van der Waals surface area contributed by atoms with Gasteiger partial charge in [-0.2, -0.15) is 4.98 Å². The number of nitrogens with one attached hydrogen (secondary N) is 1. The van der Waals surface area contributed by atoms with E-state index in [9.17, 15) is 4.79 Å². The van der Waals surface area contributed by atoms with Crippen molar-refractivity contribution in [3.8, 4) is 0 Å². The smallest absolute Gasteiger partial charge is 0.226 e. The summed E-state index contributed by atoms with van der Waals surface area (Å²) < 4.78 is 4.96. The second kappa shape index (κ2) is 6.25. The van der Waals surface area contributed by atoms with Crippen LogP contribution in [0.4, 0.5) is 0 Å². The van der Waals surface area contributed by atoms with Crippen LogP contribution in [0.2, 0.25) is 0 Å². The summed E-state index contributed by atoms with van der Waals surface area (Å²) in [4.78, 5) is 15.5. The lowest BCUT2D eigenvalue weighted by molar-refractivity contribution is -0.121. The van der Waals surface area contributed by atoms with Gasteiger partial charge in [-0.05, 0) is 26.7 Å². The molecule has 0 saturated carbocycles. The molecule has 1 rings (SSSR count). The summed E-state index contributed by atoms with van der Waals surface area (Å²) >= 11 is 0. The lowest BCUT2D eigenvalue weighted by atomic mass is 10.2. The van der Waals surface area contributed by atoms with Gasteiger partial charge in [0, 0.05) is 18.9 Å². The average Bonchev–Trinajstić information content (AvgIpc) is 2.64. The van der Waals surface area contributed by atoms with E-state index in [1.807, 2.05) is 13.8 Å². The first-order valence-electron chi connectivity index (χ1n) is 5.70. The van der Waals surface area contributed by atoms with Crippen LogP contribution in [-0.2, 0) is 11.2 Å². The SMILES string of the molecule is CCC(C)NC(=O)CCCc1nc(C)no1. The first kappa shape index (κ1) is 12.7. The van der Waals surface area contributed by atoms with Crippen LogP contribution in [-0.4, -0.2) is 22.1 Å². The van der Waals surface area contributed by atoms with Crippen LogP contribution in [0.3, 0.4) is 0 Å². The van der Waals surface area contributed by atoms with E-state index in [2.05, 4.69) is 15.5 Å². The Hall–Kier alpha value is -1.39. The number of aromatic nitrogens is 2. The highest BCUT2D eigenvalue weighted by Crippen LogP contribution is 2.02. The minimum absolute atomic E-state index is 0.0885. The quantitative estimate of drug-likeness (QED) is 0.798. The van der Waals surface area contributed by atoms with Gasteiger partial charge in [-0.15, -0.1) is 0 Å². The first-order chi connectivity index (χ1) is 7.61. The van der Waals surface area contributed by atoms with Crippen molar-refractivity contribution in [1.29, 1.82) is 0 Å². The molecule has 1 amide bonds. The third kappa shape index (κ3) is 4.42. The van der Waals surface area contributed by atoms with E-state index in [0.717, 1.165) is 12.8 Å². The Labute approximate surface area is 95.6 Å². The minimum atomic E-state index is 0.0885. The fourth-order valence-electron chi connectivity index (χ4n) is 1.29. The van der Waals surface area contributed by atoms with Gasteiger partial charge in [0.15, 0.2) is 5.82 Å². The van der Waals surface area contributed by atoms with Crippen LogP contribution in [0.1, 0.15) is 44.8 Å². The van der Waals surface area contributed by atoms with Crippen LogP contribution in [0.5, 0.6) is 0 Å². The zero-order valence-electron chi connectivity index (χ0n) is 10.1. The molecule has 1 unspecified atom stereocenters. The Morgan fingerprint density at radius 3 is 2.88 bits per heavy atom. The zero-order valence-corrected chi connectivity index (χ0v) is 10.1. The Bertz CT molecular complexity index is 336. The van der Waals surface area contributed by atoms with E-state index >= 15 is 0 Å². The van der Waals surface area contributed by atoms with Crippen molar-refractivity contribution in [2.45, 2.75) is 52.5 Å². The molecule has 1 heterocycles. The molecule has 0 saturated heterocycles. The highest BCUT2D eigenvalue weighted by atomic mass is 16.5. The van der Waals surface area contributed by atoms with Crippen molar-refractivity contribution in [2.24, 2.45) is 0 Å². The number of hydrogen-bond donors (Lipinski definition) is 1. The van der Waals surface area contributed by atoms with Gasteiger partial charge in [0.2, 0.25) is 11.8 Å². The first-order valence-corrected chi connectivity index (χ1v) is 5.70. The fraction of sp³-hybridized carbons (Fsp3) is 0.727. The summed E-state index contributed by atoms with van der Waals surface area (Å²) in [6, 6.07) is 0.248. The predicted octanol–water partition coefficient (Wildman–Crippen LogP) is 1.62. The van der Waals surface area contributed by atoms with E-state index in [4.69, 9.17) is 4.52 Å². The Balaban J connectivity index is 2.18. The molecule has 5 nitrogen and oxygen atoms in total. The number of aryl methyl sites for hydroxylation is 2. The van der Waals surface area contributed by atoms with E-state index in [0.29, 0.717) is 24.6 Å². The largest absolute Gasteiger partial charge is 0.354 e. The highest BCUT2D eigenvalue weighted by molar-refractivity contribution is 5.76. The topological polar surface area (TPSA) is 68.0 Å². The second-order valence-corrected chi connectivity index (χ2v) is 3.97. The predicted molar refractivity (Wildman–Crippen MR) is 59.9 cm³/mol. The van der Waals surface area contributed by atoms with Crippen molar-refractivity contribution in [1.82, 2.24) is 15.5 Å². The summed E-state index contributed by atoms with van der Waals surface area (Å²) in [5, 5.41) is 6.60. The summed E-state index contributed by atoms with van der Waals surface area (Å²) in [7, 11) is 0. The molecule has 16 heavy (non-hydrogen) atoms. The normalized spacial score (nSPS) is 12.4. The molecule has 1 N–H and O–H groups in total. The van der Waals surface area contributed by atoms with Crippen molar-refractivity contribution in [3.63, 3.8) is 0 Å². The molecule has 1 aromatic heterocycles. The molecule has 1 atom stereocenters. The molecular formula is C11H19N3O2. The maximum atomic E-state index is 11.4. The number of carbonyl (C=O) groups is 1. The van der Waals surface area contributed by atoms with Crippen molar-refractivity contribution < 1.29 is 9.32 Å². The minimum Gasteiger partial charge on any atom is -0.354 e. The van der Waals surface area contributed by atoms with Crippen LogP contribution >= 0.6 is 0 Å². The molecule has 5 heteroatoms. The van der Waals surface area contributed by atoms with Gasteiger partial charge in [0.05, 0.1) is 0 Å². The number of nitrogens with zero attached hydrogens (tertiary/aromatic N) is 2. The molecule has 0 aliphatic rings. The van der Waals surface area contributed by atoms with Crippen LogP contribution in [0.25, 0.3) is 0 Å². The second-order valence-electron chi connectivity index (χ2n) is 3.97. The monoisotopic (exact) mass is 225 g/mol. The van der Waals surface area contributed by atoms with E-state index in [1.54, 1.807) is 6.92 Å². The molecule has 1 aromatic rings. The number of hydrogen-bond acceptors (Lipinski definition) is 4. The Morgan fingerprint density at radius 1 is 1.56 bits per heavy atom. The summed E-state index contributed by atoms with van der Waals surface area (Å²) in [5.74, 6) is 1.33. The molecule has 0 spiro atoms. The van der Waals surface area contributed by atoms with Gasteiger partial charge >= 0.3 is 0 Å². The number of rotatable bonds is 6. The van der Waals surface area contributed by atoms with Crippen molar-refractivity contribution >= 4 is 5.91 Å². The molecule has 90 valence electrons. The lowest BCUT2D eigenvalue weighted by Crippen LogP contribution is -2.31. The van der Waals surface area contributed by atoms with E-state index < -0.39 is 0 Å².